The Bertz CT molecular complexity index is 1200. The number of ether oxygens (including phenoxy) is 2. The molecule has 2 aliphatic rings. The van der Waals surface area contributed by atoms with Crippen LogP contribution in [0.4, 0.5) is 10.6 Å². The number of amides is 2. The first-order valence-corrected chi connectivity index (χ1v) is 10.9. The van der Waals surface area contributed by atoms with Crippen LogP contribution in [0.3, 0.4) is 0 Å². The standard InChI is InChI=1S/C22H26N6O5/c1-26-20(17(9-23-26)33-12-15-10-27(22(30)31)11-18(15)32-2)14-5-6-28-16(7-14)8-19(25-28)24-21(29)13-3-4-13/h5-9,13,15,18H,3-4,10-12H2,1-2H3,(H,30,31)(H,24,25,29)/t15-,18+/m1/s1. The van der Waals surface area contributed by atoms with Gasteiger partial charge in [-0.1, -0.05) is 0 Å². The molecular formula is C22H26N6O5. The largest absolute Gasteiger partial charge is 0.489 e. The van der Waals surface area contributed by atoms with Gasteiger partial charge in [0.05, 0.1) is 31.0 Å². The predicted molar refractivity (Wildman–Crippen MR) is 118 cm³/mol. The van der Waals surface area contributed by atoms with E-state index in [0.717, 1.165) is 29.6 Å². The lowest BCUT2D eigenvalue weighted by molar-refractivity contribution is -0.117. The van der Waals surface area contributed by atoms with Gasteiger partial charge in [-0.25, -0.2) is 9.31 Å². The highest BCUT2D eigenvalue weighted by Crippen LogP contribution is 2.33. The van der Waals surface area contributed by atoms with E-state index in [9.17, 15) is 14.7 Å². The van der Waals surface area contributed by atoms with E-state index in [1.54, 1.807) is 22.5 Å². The molecule has 2 N–H and O–H groups in total. The van der Waals surface area contributed by atoms with Crippen LogP contribution in [0, 0.1) is 11.8 Å². The Labute approximate surface area is 189 Å². The second kappa shape index (κ2) is 8.39. The Morgan fingerprint density at radius 2 is 2.09 bits per heavy atom. The van der Waals surface area contributed by atoms with Crippen LogP contribution >= 0.6 is 0 Å². The van der Waals surface area contributed by atoms with Gasteiger partial charge in [0.15, 0.2) is 11.6 Å². The number of nitrogens with zero attached hydrogens (tertiary/aromatic N) is 5. The molecule has 0 unspecified atom stereocenters. The summed E-state index contributed by atoms with van der Waals surface area (Å²) in [6.45, 7) is 1.01. The minimum atomic E-state index is -0.955. The Morgan fingerprint density at radius 1 is 1.27 bits per heavy atom. The minimum Gasteiger partial charge on any atom is -0.489 e. The summed E-state index contributed by atoms with van der Waals surface area (Å²) >= 11 is 0. The van der Waals surface area contributed by atoms with Crippen LogP contribution in [-0.2, 0) is 16.6 Å². The molecule has 33 heavy (non-hydrogen) atoms. The fourth-order valence-electron chi connectivity index (χ4n) is 4.25. The molecule has 2 amide bonds. The molecule has 0 aromatic carbocycles. The van der Waals surface area contributed by atoms with Crippen LogP contribution in [0.1, 0.15) is 12.8 Å². The number of carboxylic acid groups (broad SMARTS) is 1. The zero-order valence-electron chi connectivity index (χ0n) is 18.5. The van der Waals surface area contributed by atoms with Gasteiger partial charge in [-0.05, 0) is 25.0 Å². The molecule has 5 rings (SSSR count). The highest BCUT2D eigenvalue weighted by atomic mass is 16.5. The summed E-state index contributed by atoms with van der Waals surface area (Å²) in [6.07, 6.45) is 4.19. The van der Waals surface area contributed by atoms with Gasteiger partial charge in [0.25, 0.3) is 0 Å². The summed E-state index contributed by atoms with van der Waals surface area (Å²) < 4.78 is 15.0. The number of carbonyl (C=O) groups is 2. The number of rotatable bonds is 7. The van der Waals surface area contributed by atoms with Crippen molar-refractivity contribution >= 4 is 23.3 Å². The third kappa shape index (κ3) is 4.23. The molecule has 0 radical (unpaired) electrons. The number of pyridine rings is 1. The van der Waals surface area contributed by atoms with Gasteiger partial charge >= 0.3 is 6.09 Å². The summed E-state index contributed by atoms with van der Waals surface area (Å²) in [5.74, 6) is 1.19. The molecule has 1 saturated carbocycles. The van der Waals surface area contributed by atoms with E-state index in [2.05, 4.69) is 15.5 Å². The molecule has 11 heteroatoms. The minimum absolute atomic E-state index is 0.0173. The average molecular weight is 454 g/mol. The van der Waals surface area contributed by atoms with Gasteiger partial charge in [-0.15, -0.1) is 0 Å². The van der Waals surface area contributed by atoms with Gasteiger partial charge in [0.1, 0.15) is 5.69 Å². The number of methoxy groups -OCH3 is 1. The molecular weight excluding hydrogens is 428 g/mol. The number of aromatic nitrogens is 4. The molecule has 174 valence electrons. The third-order valence-corrected chi connectivity index (χ3v) is 6.25. The highest BCUT2D eigenvalue weighted by molar-refractivity contribution is 5.93. The van der Waals surface area contributed by atoms with E-state index in [1.165, 1.54) is 4.90 Å². The number of carbonyl (C=O) groups excluding carboxylic acids is 1. The lowest BCUT2D eigenvalue weighted by Gasteiger charge is -2.17. The Hall–Kier alpha value is -3.60. The quantitative estimate of drug-likeness (QED) is 0.560. The maximum atomic E-state index is 12.0. The number of hydrogen-bond donors (Lipinski definition) is 2. The molecule has 11 nitrogen and oxygen atoms in total. The van der Waals surface area contributed by atoms with Crippen molar-refractivity contribution in [3.8, 4) is 17.0 Å². The molecule has 3 aromatic rings. The van der Waals surface area contributed by atoms with E-state index in [1.807, 2.05) is 31.4 Å². The molecule has 1 saturated heterocycles. The summed E-state index contributed by atoms with van der Waals surface area (Å²) in [7, 11) is 3.42. The Kier molecular flexibility index (Phi) is 5.41. The smallest absolute Gasteiger partial charge is 0.407 e. The van der Waals surface area contributed by atoms with Crippen molar-refractivity contribution in [3.63, 3.8) is 0 Å². The van der Waals surface area contributed by atoms with E-state index in [4.69, 9.17) is 9.47 Å². The summed E-state index contributed by atoms with van der Waals surface area (Å²) in [5, 5.41) is 20.9. The fraction of sp³-hybridized carbons (Fsp3) is 0.455. The van der Waals surface area contributed by atoms with Crippen LogP contribution < -0.4 is 10.1 Å². The first kappa shape index (κ1) is 21.3. The zero-order valence-corrected chi connectivity index (χ0v) is 18.5. The molecule has 1 aliphatic heterocycles. The molecule has 1 aliphatic carbocycles. The van der Waals surface area contributed by atoms with Crippen molar-refractivity contribution < 1.29 is 24.2 Å². The normalized spacial score (nSPS) is 20.4. The number of hydrogen-bond acceptors (Lipinski definition) is 6. The molecule has 3 aromatic heterocycles. The molecule has 2 atom stereocenters. The molecule has 0 bridgehead atoms. The first-order valence-electron chi connectivity index (χ1n) is 10.9. The lowest BCUT2D eigenvalue weighted by Crippen LogP contribution is -2.28. The Morgan fingerprint density at radius 3 is 2.82 bits per heavy atom. The fourth-order valence-corrected chi connectivity index (χ4v) is 4.25. The highest BCUT2D eigenvalue weighted by Gasteiger charge is 2.36. The Balaban J connectivity index is 1.34. The van der Waals surface area contributed by atoms with Gasteiger partial charge in [0, 0.05) is 50.4 Å². The van der Waals surface area contributed by atoms with Gasteiger partial charge in [-0.2, -0.15) is 10.2 Å². The van der Waals surface area contributed by atoms with Crippen molar-refractivity contribution in [2.45, 2.75) is 18.9 Å². The van der Waals surface area contributed by atoms with Crippen LogP contribution in [0.15, 0.2) is 30.6 Å². The SMILES string of the molecule is CO[C@H]1CN(C(=O)O)C[C@@H]1COc1cnn(C)c1-c1ccn2nc(NC(=O)C3CC3)cc2c1. The second-order valence-corrected chi connectivity index (χ2v) is 8.59. The zero-order chi connectivity index (χ0) is 23.1. The number of aryl methyl sites for hydroxylation is 1. The van der Waals surface area contributed by atoms with Crippen LogP contribution in [0.25, 0.3) is 16.8 Å². The van der Waals surface area contributed by atoms with Gasteiger partial charge in [0.2, 0.25) is 5.91 Å². The number of nitrogens with one attached hydrogen (secondary N) is 1. The molecule has 2 fully saturated rings. The van der Waals surface area contributed by atoms with E-state index in [0.29, 0.717) is 31.3 Å². The lowest BCUT2D eigenvalue weighted by atomic mass is 10.1. The predicted octanol–water partition coefficient (Wildman–Crippen LogP) is 2.09. The van der Waals surface area contributed by atoms with Crippen LogP contribution in [0.5, 0.6) is 5.75 Å². The topological polar surface area (TPSA) is 123 Å². The summed E-state index contributed by atoms with van der Waals surface area (Å²) in [6, 6.07) is 5.71. The number of likely N-dealkylation sites (tertiary alicyclic amines) is 1. The van der Waals surface area contributed by atoms with E-state index in [-0.39, 0.29) is 23.8 Å². The molecule has 0 spiro atoms. The summed E-state index contributed by atoms with van der Waals surface area (Å²) in [5.41, 5.74) is 2.52. The van der Waals surface area contributed by atoms with E-state index >= 15 is 0 Å². The van der Waals surface area contributed by atoms with Crippen molar-refractivity contribution in [1.82, 2.24) is 24.3 Å². The van der Waals surface area contributed by atoms with Crippen LogP contribution in [-0.4, -0.2) is 74.3 Å². The first-order chi connectivity index (χ1) is 15.9. The monoisotopic (exact) mass is 454 g/mol. The maximum absolute atomic E-state index is 12.0. The van der Waals surface area contributed by atoms with Gasteiger partial charge in [-0.3, -0.25) is 9.48 Å². The van der Waals surface area contributed by atoms with Crippen molar-refractivity contribution in [3.05, 3.63) is 30.6 Å². The average Bonchev–Trinajstić information content (AvgIpc) is 3.28. The van der Waals surface area contributed by atoms with Crippen molar-refractivity contribution in [1.29, 1.82) is 0 Å². The molecule has 4 heterocycles. The second-order valence-electron chi connectivity index (χ2n) is 8.59. The third-order valence-electron chi connectivity index (χ3n) is 6.25. The van der Waals surface area contributed by atoms with Crippen molar-refractivity contribution in [2.75, 3.05) is 32.1 Å². The van der Waals surface area contributed by atoms with Crippen LogP contribution in [0.2, 0.25) is 0 Å². The van der Waals surface area contributed by atoms with E-state index < -0.39 is 6.09 Å². The van der Waals surface area contributed by atoms with Crippen molar-refractivity contribution in [2.24, 2.45) is 18.9 Å². The number of fused-ring (bicyclic) bond motifs is 1. The maximum Gasteiger partial charge on any atom is 0.407 e. The van der Waals surface area contributed by atoms with Gasteiger partial charge < -0.3 is 24.8 Å². The summed E-state index contributed by atoms with van der Waals surface area (Å²) in [4.78, 5) is 24.7. The number of anilines is 1.